The van der Waals surface area contributed by atoms with E-state index < -0.39 is 0 Å². The molecule has 3 unspecified atom stereocenters. The van der Waals surface area contributed by atoms with Crippen molar-refractivity contribution in [1.29, 1.82) is 0 Å². The maximum absolute atomic E-state index is 3.66. The zero-order chi connectivity index (χ0) is 10.3. The molecule has 1 nitrogen and oxygen atoms in total. The van der Waals surface area contributed by atoms with E-state index in [9.17, 15) is 0 Å². The minimum absolute atomic E-state index is 0.849. The smallest absolute Gasteiger partial charge is 0.0193 e. The molecule has 0 aromatic carbocycles. The van der Waals surface area contributed by atoms with Crippen LogP contribution in [0.5, 0.6) is 0 Å². The predicted molar refractivity (Wildman–Crippen MR) is 67.3 cm³/mol. The van der Waals surface area contributed by atoms with Crippen LogP contribution in [0.2, 0.25) is 0 Å². The van der Waals surface area contributed by atoms with E-state index in [1.165, 1.54) is 37.7 Å². The van der Waals surface area contributed by atoms with E-state index in [-0.39, 0.29) is 0 Å². The summed E-state index contributed by atoms with van der Waals surface area (Å²) in [5.74, 6) is 3.34. The minimum Gasteiger partial charge on any atom is -0.299 e. The lowest BCUT2D eigenvalue weighted by Crippen LogP contribution is -2.35. The molecule has 1 heterocycles. The Morgan fingerprint density at radius 3 is 2.80 bits per heavy atom. The predicted octanol–water partition coefficient (Wildman–Crippen LogP) is 3.28. The molecular weight excluding hydrogens is 250 g/mol. The van der Waals surface area contributed by atoms with Gasteiger partial charge in [-0.15, -0.1) is 0 Å². The highest BCUT2D eigenvalue weighted by molar-refractivity contribution is 9.09. The van der Waals surface area contributed by atoms with Crippen LogP contribution in [-0.4, -0.2) is 29.4 Å². The molecule has 0 amide bonds. The van der Waals surface area contributed by atoms with E-state index in [2.05, 4.69) is 20.8 Å². The van der Waals surface area contributed by atoms with Gasteiger partial charge in [-0.3, -0.25) is 4.90 Å². The summed E-state index contributed by atoms with van der Waals surface area (Å²) in [7, 11) is 0. The number of hydrogen-bond acceptors (Lipinski definition) is 1. The van der Waals surface area contributed by atoms with Gasteiger partial charge in [0, 0.05) is 17.9 Å². The third kappa shape index (κ3) is 2.26. The third-order valence-electron chi connectivity index (χ3n) is 4.82. The molecule has 0 N–H and O–H groups in total. The van der Waals surface area contributed by atoms with Crippen LogP contribution in [0.15, 0.2) is 0 Å². The van der Waals surface area contributed by atoms with Crippen molar-refractivity contribution in [2.24, 2.45) is 17.8 Å². The van der Waals surface area contributed by atoms with Gasteiger partial charge in [0.2, 0.25) is 0 Å². The monoisotopic (exact) mass is 271 g/mol. The number of rotatable bonds is 3. The second-order valence-electron chi connectivity index (χ2n) is 5.88. The van der Waals surface area contributed by atoms with Gasteiger partial charge in [-0.25, -0.2) is 0 Å². The fourth-order valence-electron chi connectivity index (χ4n) is 3.76. The van der Waals surface area contributed by atoms with Gasteiger partial charge in [-0.2, -0.15) is 0 Å². The molecule has 3 rings (SSSR count). The fourth-order valence-corrected chi connectivity index (χ4v) is 4.49. The van der Waals surface area contributed by atoms with Crippen molar-refractivity contribution < 1.29 is 0 Å². The van der Waals surface area contributed by atoms with Crippen LogP contribution in [0.1, 0.15) is 38.5 Å². The summed E-state index contributed by atoms with van der Waals surface area (Å²) >= 11 is 3.66. The average molecular weight is 272 g/mol. The Morgan fingerprint density at radius 1 is 1.07 bits per heavy atom. The summed E-state index contributed by atoms with van der Waals surface area (Å²) in [6, 6.07) is 0.849. The Morgan fingerprint density at radius 2 is 2.00 bits per heavy atom. The highest BCUT2D eigenvalue weighted by Gasteiger charge is 2.42. The standard InChI is InChI=1S/C13H22BrN/c14-8-13-2-1-5-15(13)9-10-3-4-11-7-12(11)6-10/h10-13H,1-9H2/t10?,11?,12?,13-/m1/s1. The number of hydrogen-bond donors (Lipinski definition) is 0. The van der Waals surface area contributed by atoms with Gasteiger partial charge in [0.05, 0.1) is 0 Å². The first kappa shape index (κ1) is 10.6. The van der Waals surface area contributed by atoms with Crippen LogP contribution in [0.4, 0.5) is 0 Å². The van der Waals surface area contributed by atoms with Gasteiger partial charge in [-0.05, 0) is 62.8 Å². The Balaban J connectivity index is 1.51. The van der Waals surface area contributed by atoms with Crippen LogP contribution in [0.25, 0.3) is 0 Å². The quantitative estimate of drug-likeness (QED) is 0.713. The summed E-state index contributed by atoms with van der Waals surface area (Å²) in [5.41, 5.74) is 0. The molecule has 0 aromatic heterocycles. The van der Waals surface area contributed by atoms with E-state index in [0.29, 0.717) is 0 Å². The Labute approximate surface area is 102 Å². The summed E-state index contributed by atoms with van der Waals surface area (Å²) in [5, 5.41) is 1.19. The molecule has 86 valence electrons. The molecule has 0 spiro atoms. The van der Waals surface area contributed by atoms with Crippen molar-refractivity contribution in [1.82, 2.24) is 4.90 Å². The van der Waals surface area contributed by atoms with Gasteiger partial charge in [-0.1, -0.05) is 15.9 Å². The Kier molecular flexibility index (Phi) is 3.08. The van der Waals surface area contributed by atoms with Crippen LogP contribution < -0.4 is 0 Å². The van der Waals surface area contributed by atoms with Gasteiger partial charge in [0.25, 0.3) is 0 Å². The van der Waals surface area contributed by atoms with E-state index in [1.54, 1.807) is 19.3 Å². The maximum atomic E-state index is 3.66. The zero-order valence-electron chi connectivity index (χ0n) is 9.50. The van der Waals surface area contributed by atoms with Crippen LogP contribution >= 0.6 is 15.9 Å². The molecule has 2 aliphatic carbocycles. The minimum atomic E-state index is 0.849. The second kappa shape index (κ2) is 4.37. The first-order valence-electron chi connectivity index (χ1n) is 6.67. The van der Waals surface area contributed by atoms with Gasteiger partial charge < -0.3 is 0 Å². The van der Waals surface area contributed by atoms with Crippen molar-refractivity contribution in [3.05, 3.63) is 0 Å². The molecule has 1 saturated heterocycles. The van der Waals surface area contributed by atoms with Crippen molar-refractivity contribution >= 4 is 15.9 Å². The lowest BCUT2D eigenvalue weighted by atomic mass is 9.89. The van der Waals surface area contributed by atoms with Crippen molar-refractivity contribution in [3.8, 4) is 0 Å². The van der Waals surface area contributed by atoms with Crippen LogP contribution in [0, 0.1) is 17.8 Å². The third-order valence-corrected chi connectivity index (χ3v) is 5.57. The normalized spacial score (nSPS) is 45.4. The summed E-state index contributed by atoms with van der Waals surface area (Å²) in [6.07, 6.45) is 9.03. The molecule has 1 aliphatic heterocycles. The lowest BCUT2D eigenvalue weighted by Gasteiger charge is -2.30. The number of alkyl halides is 1. The zero-order valence-corrected chi connectivity index (χ0v) is 11.1. The first-order chi connectivity index (χ1) is 7.36. The lowest BCUT2D eigenvalue weighted by molar-refractivity contribution is 0.195. The average Bonchev–Trinajstić information content (AvgIpc) is 2.88. The summed E-state index contributed by atoms with van der Waals surface area (Å²) in [6.45, 7) is 2.76. The molecule has 4 atom stereocenters. The van der Waals surface area contributed by atoms with Crippen molar-refractivity contribution in [2.45, 2.75) is 44.6 Å². The molecule has 15 heavy (non-hydrogen) atoms. The largest absolute Gasteiger partial charge is 0.299 e. The Hall–Kier alpha value is 0.440. The highest BCUT2D eigenvalue weighted by Crippen LogP contribution is 2.51. The molecular formula is C13H22BrN. The van der Waals surface area contributed by atoms with Crippen molar-refractivity contribution in [3.63, 3.8) is 0 Å². The van der Waals surface area contributed by atoms with Crippen LogP contribution in [-0.2, 0) is 0 Å². The van der Waals surface area contributed by atoms with E-state index >= 15 is 0 Å². The maximum Gasteiger partial charge on any atom is 0.0193 e. The van der Waals surface area contributed by atoms with Crippen molar-refractivity contribution in [2.75, 3.05) is 18.4 Å². The Bertz CT molecular complexity index is 231. The fraction of sp³-hybridized carbons (Fsp3) is 1.00. The van der Waals surface area contributed by atoms with E-state index in [4.69, 9.17) is 0 Å². The van der Waals surface area contributed by atoms with Crippen LogP contribution in [0.3, 0.4) is 0 Å². The number of nitrogens with zero attached hydrogens (tertiary/aromatic N) is 1. The van der Waals surface area contributed by atoms with Gasteiger partial charge >= 0.3 is 0 Å². The highest BCUT2D eigenvalue weighted by atomic mass is 79.9. The summed E-state index contributed by atoms with van der Waals surface area (Å²) < 4.78 is 0. The topological polar surface area (TPSA) is 3.24 Å². The molecule has 0 bridgehead atoms. The number of likely N-dealkylation sites (tertiary alicyclic amines) is 1. The van der Waals surface area contributed by atoms with E-state index in [0.717, 1.165) is 23.8 Å². The van der Waals surface area contributed by atoms with Gasteiger partial charge in [0.1, 0.15) is 0 Å². The second-order valence-corrected chi connectivity index (χ2v) is 6.53. The molecule has 2 heteroatoms. The van der Waals surface area contributed by atoms with E-state index in [1.807, 2.05) is 0 Å². The molecule has 3 aliphatic rings. The van der Waals surface area contributed by atoms with Gasteiger partial charge in [0.15, 0.2) is 0 Å². The molecule has 2 saturated carbocycles. The molecule has 0 radical (unpaired) electrons. The first-order valence-corrected chi connectivity index (χ1v) is 7.79. The molecule has 0 aromatic rings. The number of fused-ring (bicyclic) bond motifs is 1. The summed E-state index contributed by atoms with van der Waals surface area (Å²) in [4.78, 5) is 2.75. The molecule has 3 fully saturated rings. The number of halogens is 1. The SMILES string of the molecule is BrC[C@H]1CCCN1CC1CCC2CC2C1.